The number of hydrogen-bond donors (Lipinski definition) is 3. The normalized spacial score (nSPS) is 11.5. The summed E-state index contributed by atoms with van der Waals surface area (Å²) in [5, 5.41) is 21.3. The number of rotatable bonds is 4. The summed E-state index contributed by atoms with van der Waals surface area (Å²) in [5.74, 6) is -3.11. The number of aryl methyl sites for hydroxylation is 1. The van der Waals surface area contributed by atoms with Crippen molar-refractivity contribution in [1.82, 2.24) is 9.88 Å². The summed E-state index contributed by atoms with van der Waals surface area (Å²) < 4.78 is 40.1. The molecule has 0 saturated carbocycles. The van der Waals surface area contributed by atoms with Crippen molar-refractivity contribution in [2.24, 2.45) is 7.05 Å². The first kappa shape index (κ1) is 20.9. The lowest BCUT2D eigenvalue weighted by molar-refractivity contribution is -0.137. The number of carbonyl (C=O) groups excluding carboxylic acids is 1. The highest BCUT2D eigenvalue weighted by Gasteiger charge is 2.30. The third kappa shape index (κ3) is 3.84. The summed E-state index contributed by atoms with van der Waals surface area (Å²) in [6, 6.07) is 8.85. The molecule has 1 heterocycles. The first-order valence-corrected chi connectivity index (χ1v) is 8.54. The maximum atomic E-state index is 13.0. The number of nitrogens with one attached hydrogen (secondary N) is 1. The number of aromatic hydroxyl groups is 1. The summed E-state index contributed by atoms with van der Waals surface area (Å²) in [7, 11) is 1.35. The number of pyridine rings is 1. The number of benzene rings is 2. The molecule has 0 atom stereocenters. The van der Waals surface area contributed by atoms with Gasteiger partial charge in [0.2, 0.25) is 0 Å². The van der Waals surface area contributed by atoms with Gasteiger partial charge in [-0.25, -0.2) is 0 Å². The molecule has 3 N–H and O–H groups in total. The van der Waals surface area contributed by atoms with Crippen molar-refractivity contribution >= 4 is 22.8 Å². The Labute approximate surface area is 167 Å². The molecule has 1 aromatic heterocycles. The zero-order valence-corrected chi connectivity index (χ0v) is 15.4. The number of aromatic nitrogens is 1. The first-order chi connectivity index (χ1) is 14.0. The van der Waals surface area contributed by atoms with Gasteiger partial charge in [-0.1, -0.05) is 18.2 Å². The van der Waals surface area contributed by atoms with E-state index in [1.54, 1.807) is 0 Å². The average Bonchev–Trinajstić information content (AvgIpc) is 2.70. The van der Waals surface area contributed by atoms with Gasteiger partial charge in [0.05, 0.1) is 11.1 Å². The van der Waals surface area contributed by atoms with Crippen LogP contribution in [0.5, 0.6) is 5.75 Å². The Morgan fingerprint density at radius 2 is 1.77 bits per heavy atom. The highest BCUT2D eigenvalue weighted by molar-refractivity contribution is 6.03. The van der Waals surface area contributed by atoms with Crippen LogP contribution in [0.2, 0.25) is 0 Å². The number of amides is 1. The monoisotopic (exact) mass is 420 g/mol. The van der Waals surface area contributed by atoms with Gasteiger partial charge in [0, 0.05) is 12.4 Å². The fraction of sp³-hybridized carbons (Fsp3) is 0.150. The lowest BCUT2D eigenvalue weighted by Crippen LogP contribution is -2.35. The molecule has 156 valence electrons. The number of fused-ring (bicyclic) bond motifs is 1. The van der Waals surface area contributed by atoms with Gasteiger partial charge in [-0.3, -0.25) is 14.4 Å². The lowest BCUT2D eigenvalue weighted by atomic mass is 9.99. The number of hydrogen-bond acceptors (Lipinski definition) is 4. The smallest absolute Gasteiger partial charge is 0.416 e. The number of nitrogens with zero attached hydrogens (tertiary/aromatic N) is 1. The molecule has 0 aliphatic rings. The lowest BCUT2D eigenvalue weighted by Gasteiger charge is -2.13. The third-order valence-corrected chi connectivity index (χ3v) is 4.52. The van der Waals surface area contributed by atoms with Gasteiger partial charge < -0.3 is 20.1 Å². The van der Waals surface area contributed by atoms with Crippen molar-refractivity contribution in [1.29, 1.82) is 0 Å². The molecule has 0 bridgehead atoms. The maximum absolute atomic E-state index is 13.0. The standard InChI is InChI=1S/C20H15F3N2O5/c1-25-14-6-5-11(10-3-2-4-12(7-10)20(21,22)23)8-13(14)17(28)16(19(25)30)18(29)24-9-15(26)27/h2-8,28H,9H2,1H3,(H,24,29)(H,26,27). The van der Waals surface area contributed by atoms with Crippen LogP contribution in [0, 0.1) is 0 Å². The van der Waals surface area contributed by atoms with Crippen LogP contribution in [-0.4, -0.2) is 33.2 Å². The Bertz CT molecular complexity index is 1230. The van der Waals surface area contributed by atoms with Crippen LogP contribution < -0.4 is 10.9 Å². The van der Waals surface area contributed by atoms with Gasteiger partial charge in [-0.2, -0.15) is 13.2 Å². The van der Waals surface area contributed by atoms with E-state index in [0.29, 0.717) is 5.56 Å². The van der Waals surface area contributed by atoms with Crippen molar-refractivity contribution < 1.29 is 33.0 Å². The third-order valence-electron chi connectivity index (χ3n) is 4.52. The molecular weight excluding hydrogens is 405 g/mol. The van der Waals surface area contributed by atoms with Crippen LogP contribution in [0.4, 0.5) is 13.2 Å². The van der Waals surface area contributed by atoms with E-state index in [4.69, 9.17) is 5.11 Å². The fourth-order valence-corrected chi connectivity index (χ4v) is 3.03. The molecule has 0 radical (unpaired) electrons. The number of alkyl halides is 3. The largest absolute Gasteiger partial charge is 0.506 e. The Hall–Kier alpha value is -3.82. The summed E-state index contributed by atoms with van der Waals surface area (Å²) in [6.07, 6.45) is -4.53. The van der Waals surface area contributed by atoms with Crippen LogP contribution >= 0.6 is 0 Å². The average molecular weight is 420 g/mol. The molecule has 0 saturated heterocycles. The van der Waals surface area contributed by atoms with Gasteiger partial charge in [-0.05, 0) is 35.4 Å². The SMILES string of the molecule is Cn1c(=O)c(C(=O)NCC(=O)O)c(O)c2cc(-c3cccc(C(F)(F)F)c3)ccc21. The minimum Gasteiger partial charge on any atom is -0.506 e. The Balaban J connectivity index is 2.18. The van der Waals surface area contributed by atoms with Crippen LogP contribution in [0.25, 0.3) is 22.0 Å². The second-order valence-electron chi connectivity index (χ2n) is 6.47. The molecule has 0 spiro atoms. The van der Waals surface area contributed by atoms with Crippen LogP contribution in [0.3, 0.4) is 0 Å². The number of halogens is 3. The fourth-order valence-electron chi connectivity index (χ4n) is 3.03. The predicted molar refractivity (Wildman–Crippen MR) is 101 cm³/mol. The molecule has 7 nitrogen and oxygen atoms in total. The number of carboxylic acid groups (broad SMARTS) is 1. The van der Waals surface area contributed by atoms with Crippen molar-refractivity contribution in [2.45, 2.75) is 6.18 Å². The number of carbonyl (C=O) groups is 2. The molecule has 3 aromatic rings. The van der Waals surface area contributed by atoms with E-state index in [0.717, 1.165) is 16.7 Å². The highest BCUT2D eigenvalue weighted by Crippen LogP contribution is 2.34. The van der Waals surface area contributed by atoms with Gasteiger partial charge >= 0.3 is 12.1 Å². The zero-order chi connectivity index (χ0) is 22.2. The van der Waals surface area contributed by atoms with Crippen LogP contribution in [0.15, 0.2) is 47.3 Å². The van der Waals surface area contributed by atoms with Gasteiger partial charge in [-0.15, -0.1) is 0 Å². The summed E-state index contributed by atoms with van der Waals surface area (Å²) in [5.41, 5.74) is -1.58. The first-order valence-electron chi connectivity index (χ1n) is 8.54. The van der Waals surface area contributed by atoms with E-state index in [-0.39, 0.29) is 16.5 Å². The van der Waals surface area contributed by atoms with Gasteiger partial charge in [0.15, 0.2) is 0 Å². The molecule has 0 fully saturated rings. The molecule has 0 aliphatic heterocycles. The quantitative estimate of drug-likeness (QED) is 0.602. The number of aliphatic carboxylic acids is 1. The molecule has 1 amide bonds. The predicted octanol–water partition coefficient (Wildman–Crippen LogP) is 2.74. The van der Waals surface area contributed by atoms with Crippen molar-refractivity contribution in [2.75, 3.05) is 6.54 Å². The summed E-state index contributed by atoms with van der Waals surface area (Å²) >= 11 is 0. The maximum Gasteiger partial charge on any atom is 0.416 e. The van der Waals surface area contributed by atoms with E-state index in [1.165, 1.54) is 37.4 Å². The van der Waals surface area contributed by atoms with E-state index in [2.05, 4.69) is 0 Å². The zero-order valence-electron chi connectivity index (χ0n) is 15.4. The minimum atomic E-state index is -4.53. The van der Waals surface area contributed by atoms with E-state index in [1.807, 2.05) is 5.32 Å². The van der Waals surface area contributed by atoms with Crippen molar-refractivity contribution in [3.05, 3.63) is 63.9 Å². The molecular formula is C20H15F3N2O5. The molecule has 3 rings (SSSR count). The van der Waals surface area contributed by atoms with E-state index < -0.39 is 47.0 Å². The second-order valence-corrected chi connectivity index (χ2v) is 6.47. The molecule has 0 aliphatic carbocycles. The van der Waals surface area contributed by atoms with Crippen molar-refractivity contribution in [3.63, 3.8) is 0 Å². The van der Waals surface area contributed by atoms with Gasteiger partial charge in [0.25, 0.3) is 11.5 Å². The molecule has 2 aromatic carbocycles. The Morgan fingerprint density at radius 3 is 2.40 bits per heavy atom. The molecule has 10 heteroatoms. The second kappa shape index (κ2) is 7.54. The van der Waals surface area contributed by atoms with E-state index in [9.17, 15) is 32.7 Å². The topological polar surface area (TPSA) is 109 Å². The molecule has 30 heavy (non-hydrogen) atoms. The summed E-state index contributed by atoms with van der Waals surface area (Å²) in [4.78, 5) is 35.3. The summed E-state index contributed by atoms with van der Waals surface area (Å²) in [6.45, 7) is -0.760. The van der Waals surface area contributed by atoms with E-state index >= 15 is 0 Å². The van der Waals surface area contributed by atoms with Crippen LogP contribution in [-0.2, 0) is 18.0 Å². The minimum absolute atomic E-state index is 0.0486. The highest BCUT2D eigenvalue weighted by atomic mass is 19.4. The molecule has 0 unspecified atom stereocenters. The van der Waals surface area contributed by atoms with Crippen molar-refractivity contribution in [3.8, 4) is 16.9 Å². The van der Waals surface area contributed by atoms with Crippen LogP contribution in [0.1, 0.15) is 15.9 Å². The number of carboxylic acids is 1. The van der Waals surface area contributed by atoms with Gasteiger partial charge in [0.1, 0.15) is 17.9 Å². The Kier molecular flexibility index (Phi) is 5.26. The Morgan fingerprint density at radius 1 is 1.10 bits per heavy atom.